The molecule has 2 N–H and O–H groups in total. The van der Waals surface area contributed by atoms with Gasteiger partial charge in [0.1, 0.15) is 12.4 Å². The van der Waals surface area contributed by atoms with Crippen molar-refractivity contribution in [2.45, 2.75) is 45.6 Å². The van der Waals surface area contributed by atoms with E-state index in [2.05, 4.69) is 34.5 Å². The van der Waals surface area contributed by atoms with Gasteiger partial charge in [-0.3, -0.25) is 9.98 Å². The summed E-state index contributed by atoms with van der Waals surface area (Å²) >= 11 is 0. The molecule has 0 aliphatic rings. The number of ether oxygens (including phenoxy) is 1. The average molecular weight is 420 g/mol. The van der Waals surface area contributed by atoms with Crippen LogP contribution in [0.5, 0.6) is 5.75 Å². The molecule has 22 heavy (non-hydrogen) atoms. The van der Waals surface area contributed by atoms with Crippen LogP contribution in [-0.4, -0.2) is 37.2 Å². The molecule has 1 rings (SSSR count). The summed E-state index contributed by atoms with van der Waals surface area (Å²) in [6.45, 7) is 5.70. The number of nitrogens with zero attached hydrogens (tertiary/aromatic N) is 2. The normalized spacial score (nSPS) is 12.2. The fraction of sp³-hybridized carbons (Fsp3) is 0.625. The molecule has 1 aromatic rings. The van der Waals surface area contributed by atoms with Crippen LogP contribution in [0.25, 0.3) is 0 Å². The number of unbranched alkanes of at least 4 members (excludes halogenated alkanes) is 2. The number of aliphatic imine (C=N–C) groups is 1. The molecule has 0 amide bonds. The SMILES string of the molecule is CCCCCC(C)NC(=NC)NCCOc1cccnc1.I. The summed E-state index contributed by atoms with van der Waals surface area (Å²) in [5, 5.41) is 6.65. The van der Waals surface area contributed by atoms with E-state index in [4.69, 9.17) is 4.74 Å². The lowest BCUT2D eigenvalue weighted by atomic mass is 10.1. The average Bonchev–Trinajstić information content (AvgIpc) is 2.51. The molecule has 0 radical (unpaired) electrons. The Bertz CT molecular complexity index is 400. The Morgan fingerprint density at radius 3 is 2.86 bits per heavy atom. The lowest BCUT2D eigenvalue weighted by Crippen LogP contribution is -2.43. The highest BCUT2D eigenvalue weighted by Gasteiger charge is 2.04. The van der Waals surface area contributed by atoms with Crippen LogP contribution in [0.2, 0.25) is 0 Å². The minimum Gasteiger partial charge on any atom is -0.490 e. The van der Waals surface area contributed by atoms with Crippen molar-refractivity contribution in [3.8, 4) is 5.75 Å². The molecule has 1 unspecified atom stereocenters. The molecule has 0 saturated carbocycles. The highest BCUT2D eigenvalue weighted by Crippen LogP contribution is 2.05. The second kappa shape index (κ2) is 13.6. The van der Waals surface area contributed by atoms with E-state index < -0.39 is 0 Å². The van der Waals surface area contributed by atoms with E-state index in [1.165, 1.54) is 25.7 Å². The van der Waals surface area contributed by atoms with E-state index in [1.807, 2.05) is 12.1 Å². The van der Waals surface area contributed by atoms with Gasteiger partial charge in [0.2, 0.25) is 0 Å². The highest BCUT2D eigenvalue weighted by molar-refractivity contribution is 14.0. The molecule has 0 fully saturated rings. The van der Waals surface area contributed by atoms with Gasteiger partial charge in [0.25, 0.3) is 0 Å². The van der Waals surface area contributed by atoms with Crippen molar-refractivity contribution >= 4 is 29.9 Å². The Morgan fingerprint density at radius 2 is 2.23 bits per heavy atom. The summed E-state index contributed by atoms with van der Waals surface area (Å²) in [7, 11) is 1.79. The van der Waals surface area contributed by atoms with Gasteiger partial charge >= 0.3 is 0 Å². The van der Waals surface area contributed by atoms with E-state index in [1.54, 1.807) is 19.4 Å². The summed E-state index contributed by atoms with van der Waals surface area (Å²) in [5.41, 5.74) is 0. The minimum atomic E-state index is 0. The first-order chi connectivity index (χ1) is 10.3. The smallest absolute Gasteiger partial charge is 0.191 e. The summed E-state index contributed by atoms with van der Waals surface area (Å²) in [4.78, 5) is 8.24. The maximum atomic E-state index is 5.58. The van der Waals surface area contributed by atoms with E-state index in [0.717, 1.165) is 11.7 Å². The number of hydrogen-bond acceptors (Lipinski definition) is 3. The molecule has 0 spiro atoms. The van der Waals surface area contributed by atoms with Crippen molar-refractivity contribution in [1.29, 1.82) is 0 Å². The van der Waals surface area contributed by atoms with Crippen LogP contribution in [0.1, 0.15) is 39.5 Å². The van der Waals surface area contributed by atoms with E-state index in [-0.39, 0.29) is 24.0 Å². The van der Waals surface area contributed by atoms with Crippen LogP contribution in [0, 0.1) is 0 Å². The van der Waals surface area contributed by atoms with Gasteiger partial charge in [-0.1, -0.05) is 26.2 Å². The lowest BCUT2D eigenvalue weighted by Gasteiger charge is -2.18. The fourth-order valence-corrected chi connectivity index (χ4v) is 1.97. The molecule has 1 heterocycles. The molecule has 1 aromatic heterocycles. The molecule has 0 bridgehead atoms. The zero-order valence-electron chi connectivity index (χ0n) is 13.8. The Hall–Kier alpha value is -1.05. The number of rotatable bonds is 9. The summed E-state index contributed by atoms with van der Waals surface area (Å²) in [6, 6.07) is 4.19. The lowest BCUT2D eigenvalue weighted by molar-refractivity contribution is 0.320. The maximum absolute atomic E-state index is 5.58. The third-order valence-corrected chi connectivity index (χ3v) is 3.15. The quantitative estimate of drug-likeness (QED) is 0.279. The zero-order chi connectivity index (χ0) is 15.3. The van der Waals surface area contributed by atoms with Gasteiger partial charge in [-0.15, -0.1) is 24.0 Å². The van der Waals surface area contributed by atoms with Crippen molar-refractivity contribution in [1.82, 2.24) is 15.6 Å². The van der Waals surface area contributed by atoms with Gasteiger partial charge in [0.15, 0.2) is 5.96 Å². The number of guanidine groups is 1. The largest absolute Gasteiger partial charge is 0.490 e. The molecule has 0 saturated heterocycles. The molecule has 0 aliphatic carbocycles. The van der Waals surface area contributed by atoms with Crippen molar-refractivity contribution in [3.63, 3.8) is 0 Å². The van der Waals surface area contributed by atoms with Crippen LogP contribution < -0.4 is 15.4 Å². The Morgan fingerprint density at radius 1 is 1.41 bits per heavy atom. The van der Waals surface area contributed by atoms with Gasteiger partial charge in [-0.25, -0.2) is 0 Å². The van der Waals surface area contributed by atoms with E-state index >= 15 is 0 Å². The van der Waals surface area contributed by atoms with Crippen LogP contribution in [0.15, 0.2) is 29.5 Å². The molecule has 5 nitrogen and oxygen atoms in total. The highest BCUT2D eigenvalue weighted by atomic mass is 127. The van der Waals surface area contributed by atoms with Crippen LogP contribution >= 0.6 is 24.0 Å². The third kappa shape index (κ3) is 9.81. The molecule has 6 heteroatoms. The number of pyridine rings is 1. The monoisotopic (exact) mass is 420 g/mol. The van der Waals surface area contributed by atoms with Gasteiger partial charge in [-0.05, 0) is 25.5 Å². The van der Waals surface area contributed by atoms with Gasteiger partial charge < -0.3 is 15.4 Å². The Labute approximate surface area is 151 Å². The van der Waals surface area contributed by atoms with Crippen molar-refractivity contribution in [3.05, 3.63) is 24.5 Å². The molecular weight excluding hydrogens is 391 g/mol. The zero-order valence-corrected chi connectivity index (χ0v) is 16.2. The topological polar surface area (TPSA) is 58.5 Å². The molecule has 1 atom stereocenters. The molecular formula is C16H29IN4O. The first-order valence-corrected chi connectivity index (χ1v) is 7.76. The van der Waals surface area contributed by atoms with Gasteiger partial charge in [0.05, 0.1) is 12.7 Å². The summed E-state index contributed by atoms with van der Waals surface area (Å²) in [5.74, 6) is 1.61. The van der Waals surface area contributed by atoms with Crippen LogP contribution in [-0.2, 0) is 0 Å². The number of nitrogens with one attached hydrogen (secondary N) is 2. The van der Waals surface area contributed by atoms with Crippen LogP contribution in [0.4, 0.5) is 0 Å². The van der Waals surface area contributed by atoms with E-state index in [0.29, 0.717) is 19.2 Å². The summed E-state index contributed by atoms with van der Waals surface area (Å²) in [6.07, 6.45) is 8.41. The van der Waals surface area contributed by atoms with Crippen molar-refractivity contribution in [2.24, 2.45) is 4.99 Å². The van der Waals surface area contributed by atoms with E-state index in [9.17, 15) is 0 Å². The first-order valence-electron chi connectivity index (χ1n) is 7.76. The minimum absolute atomic E-state index is 0. The molecule has 0 aromatic carbocycles. The first kappa shape index (κ1) is 20.9. The second-order valence-electron chi connectivity index (χ2n) is 5.08. The third-order valence-electron chi connectivity index (χ3n) is 3.15. The predicted molar refractivity (Wildman–Crippen MR) is 103 cm³/mol. The number of halogens is 1. The summed E-state index contributed by atoms with van der Waals surface area (Å²) < 4.78 is 5.58. The predicted octanol–water partition coefficient (Wildman–Crippen LogP) is 3.21. The second-order valence-corrected chi connectivity index (χ2v) is 5.08. The molecule has 0 aliphatic heterocycles. The van der Waals surface area contributed by atoms with Crippen LogP contribution in [0.3, 0.4) is 0 Å². The van der Waals surface area contributed by atoms with Crippen molar-refractivity contribution in [2.75, 3.05) is 20.2 Å². The standard InChI is InChI=1S/C16H28N4O.HI/c1-4-5-6-8-14(2)20-16(17-3)19-11-12-21-15-9-7-10-18-13-15;/h7,9-10,13-14H,4-6,8,11-12H2,1-3H3,(H2,17,19,20);1H. The molecule has 126 valence electrons. The Kier molecular flexibility index (Phi) is 13.0. The van der Waals surface area contributed by atoms with Gasteiger partial charge in [0, 0.05) is 19.3 Å². The number of aromatic nitrogens is 1. The van der Waals surface area contributed by atoms with Crippen molar-refractivity contribution < 1.29 is 4.74 Å². The fourth-order valence-electron chi connectivity index (χ4n) is 1.97. The Balaban J connectivity index is 0.00000441. The maximum Gasteiger partial charge on any atom is 0.191 e. The van der Waals surface area contributed by atoms with Gasteiger partial charge in [-0.2, -0.15) is 0 Å². The number of hydrogen-bond donors (Lipinski definition) is 2.